The zero-order valence-electron chi connectivity index (χ0n) is 13.3. The molecule has 3 aromatic carbocycles. The summed E-state index contributed by atoms with van der Waals surface area (Å²) in [5, 5.41) is 11.8. The van der Waals surface area contributed by atoms with Gasteiger partial charge in [-0.2, -0.15) is 0 Å². The van der Waals surface area contributed by atoms with Crippen LogP contribution >= 0.6 is 0 Å². The predicted molar refractivity (Wildman–Crippen MR) is 95.5 cm³/mol. The number of benzene rings is 3. The topological polar surface area (TPSA) is 78.4 Å². The van der Waals surface area contributed by atoms with Gasteiger partial charge in [-0.1, -0.05) is 48.5 Å². The Morgan fingerprint density at radius 1 is 0.760 bits per heavy atom. The largest absolute Gasteiger partial charge is 0.322 e. The van der Waals surface area contributed by atoms with Crippen LogP contribution < -0.4 is 10.8 Å². The number of hydrogen-bond donors (Lipinski definition) is 3. The first-order valence-corrected chi connectivity index (χ1v) is 7.69. The second-order valence-corrected chi connectivity index (χ2v) is 5.39. The van der Waals surface area contributed by atoms with Crippen LogP contribution in [0.25, 0.3) is 11.1 Å². The summed E-state index contributed by atoms with van der Waals surface area (Å²) >= 11 is 0. The molecule has 0 aliphatic heterocycles. The minimum Gasteiger partial charge on any atom is -0.322 e. The van der Waals surface area contributed by atoms with E-state index in [9.17, 15) is 9.59 Å². The molecule has 0 spiro atoms. The molecule has 25 heavy (non-hydrogen) atoms. The van der Waals surface area contributed by atoms with Gasteiger partial charge in [-0.15, -0.1) is 0 Å². The van der Waals surface area contributed by atoms with Gasteiger partial charge in [0, 0.05) is 16.8 Å². The van der Waals surface area contributed by atoms with E-state index < -0.39 is 5.91 Å². The van der Waals surface area contributed by atoms with E-state index in [2.05, 4.69) is 5.32 Å². The van der Waals surface area contributed by atoms with E-state index >= 15 is 0 Å². The highest BCUT2D eigenvalue weighted by molar-refractivity contribution is 6.07. The molecule has 2 amide bonds. The lowest BCUT2D eigenvalue weighted by Crippen LogP contribution is -2.20. The van der Waals surface area contributed by atoms with Crippen molar-refractivity contribution < 1.29 is 14.8 Å². The first-order chi connectivity index (χ1) is 12.2. The van der Waals surface area contributed by atoms with Crippen LogP contribution in [0.3, 0.4) is 0 Å². The van der Waals surface area contributed by atoms with Gasteiger partial charge in [0.15, 0.2) is 0 Å². The van der Waals surface area contributed by atoms with Crippen molar-refractivity contribution in [2.45, 2.75) is 0 Å². The SMILES string of the molecule is O=C(Nc1ccccc1)c1ccc(C(=O)NO)c(-c2ccccc2)c1. The van der Waals surface area contributed by atoms with E-state index in [1.807, 2.05) is 48.5 Å². The Balaban J connectivity index is 1.99. The van der Waals surface area contributed by atoms with Crippen LogP contribution in [-0.2, 0) is 0 Å². The average Bonchev–Trinajstić information content (AvgIpc) is 2.68. The number of carbonyl (C=O) groups is 2. The number of nitrogens with one attached hydrogen (secondary N) is 2. The van der Waals surface area contributed by atoms with Gasteiger partial charge >= 0.3 is 0 Å². The fourth-order valence-electron chi connectivity index (χ4n) is 2.53. The summed E-state index contributed by atoms with van der Waals surface area (Å²) in [4.78, 5) is 24.4. The molecular weight excluding hydrogens is 316 g/mol. The van der Waals surface area contributed by atoms with Crippen molar-refractivity contribution in [1.29, 1.82) is 0 Å². The van der Waals surface area contributed by atoms with Gasteiger partial charge in [0.1, 0.15) is 0 Å². The fourth-order valence-corrected chi connectivity index (χ4v) is 2.53. The van der Waals surface area contributed by atoms with Gasteiger partial charge in [-0.05, 0) is 41.5 Å². The summed E-state index contributed by atoms with van der Waals surface area (Å²) in [6, 6.07) is 23.0. The van der Waals surface area contributed by atoms with Crippen LogP contribution in [0.2, 0.25) is 0 Å². The zero-order valence-corrected chi connectivity index (χ0v) is 13.3. The minimum atomic E-state index is -0.631. The van der Waals surface area contributed by atoms with Crippen LogP contribution in [0.1, 0.15) is 20.7 Å². The van der Waals surface area contributed by atoms with Gasteiger partial charge < -0.3 is 5.32 Å². The molecule has 0 radical (unpaired) electrons. The van der Waals surface area contributed by atoms with Gasteiger partial charge in [0.25, 0.3) is 11.8 Å². The Kier molecular flexibility index (Phi) is 4.87. The number of hydroxylamine groups is 1. The maximum atomic E-state index is 12.5. The third kappa shape index (κ3) is 3.73. The lowest BCUT2D eigenvalue weighted by molar-refractivity contribution is 0.0707. The third-order valence-corrected chi connectivity index (χ3v) is 3.74. The first kappa shape index (κ1) is 16.4. The Hall–Kier alpha value is -3.44. The third-order valence-electron chi connectivity index (χ3n) is 3.74. The Labute approximate surface area is 144 Å². The van der Waals surface area contributed by atoms with Crippen molar-refractivity contribution >= 4 is 17.5 Å². The summed E-state index contributed by atoms with van der Waals surface area (Å²) in [5.41, 5.74) is 4.36. The van der Waals surface area contributed by atoms with E-state index in [-0.39, 0.29) is 11.5 Å². The van der Waals surface area contributed by atoms with Crippen molar-refractivity contribution in [3.8, 4) is 11.1 Å². The molecule has 5 heteroatoms. The predicted octanol–water partition coefficient (Wildman–Crippen LogP) is 3.72. The minimum absolute atomic E-state index is 0.278. The summed E-state index contributed by atoms with van der Waals surface area (Å²) in [6.45, 7) is 0. The molecule has 3 N–H and O–H groups in total. The number of anilines is 1. The van der Waals surface area contributed by atoms with Crippen LogP contribution in [0, 0.1) is 0 Å². The second kappa shape index (κ2) is 7.42. The van der Waals surface area contributed by atoms with E-state index in [0.29, 0.717) is 16.8 Å². The number of hydrogen-bond acceptors (Lipinski definition) is 3. The van der Waals surface area contributed by atoms with Crippen LogP contribution in [0.15, 0.2) is 78.9 Å². The molecule has 0 atom stereocenters. The molecule has 0 fully saturated rings. The summed E-state index contributed by atoms with van der Waals surface area (Å²) in [6.07, 6.45) is 0. The van der Waals surface area contributed by atoms with E-state index in [0.717, 1.165) is 5.56 Å². The Morgan fingerprint density at radius 2 is 1.40 bits per heavy atom. The number of amides is 2. The monoisotopic (exact) mass is 332 g/mol. The number of para-hydroxylation sites is 1. The van der Waals surface area contributed by atoms with Crippen molar-refractivity contribution in [3.05, 3.63) is 90.0 Å². The molecule has 3 aromatic rings. The molecule has 5 nitrogen and oxygen atoms in total. The van der Waals surface area contributed by atoms with E-state index in [1.165, 1.54) is 6.07 Å². The molecule has 0 aliphatic carbocycles. The molecule has 0 saturated carbocycles. The van der Waals surface area contributed by atoms with Crippen molar-refractivity contribution in [3.63, 3.8) is 0 Å². The quantitative estimate of drug-likeness (QED) is 0.503. The summed E-state index contributed by atoms with van der Waals surface area (Å²) in [5.74, 6) is -0.909. The standard InChI is InChI=1S/C20H16N2O3/c23-19(21-16-9-5-2-6-10-16)15-11-12-17(20(24)22-25)18(13-15)14-7-3-1-4-8-14/h1-13,25H,(H,21,23)(H,22,24). The van der Waals surface area contributed by atoms with Gasteiger partial charge in [0.2, 0.25) is 0 Å². The summed E-state index contributed by atoms with van der Waals surface area (Å²) in [7, 11) is 0. The lowest BCUT2D eigenvalue weighted by atomic mass is 9.96. The lowest BCUT2D eigenvalue weighted by Gasteiger charge is -2.11. The first-order valence-electron chi connectivity index (χ1n) is 7.69. The normalized spacial score (nSPS) is 10.1. The molecule has 0 aliphatic rings. The maximum Gasteiger partial charge on any atom is 0.275 e. The van der Waals surface area contributed by atoms with Crippen LogP contribution in [-0.4, -0.2) is 17.0 Å². The molecule has 0 aromatic heterocycles. The van der Waals surface area contributed by atoms with E-state index in [4.69, 9.17) is 5.21 Å². The number of carbonyl (C=O) groups excluding carboxylic acids is 2. The highest BCUT2D eigenvalue weighted by Gasteiger charge is 2.15. The molecule has 124 valence electrons. The molecule has 0 heterocycles. The average molecular weight is 332 g/mol. The van der Waals surface area contributed by atoms with Crippen LogP contribution in [0.4, 0.5) is 5.69 Å². The maximum absolute atomic E-state index is 12.5. The molecular formula is C20H16N2O3. The van der Waals surface area contributed by atoms with E-state index in [1.54, 1.807) is 29.7 Å². The van der Waals surface area contributed by atoms with Gasteiger partial charge in [-0.25, -0.2) is 5.48 Å². The van der Waals surface area contributed by atoms with Crippen molar-refractivity contribution in [1.82, 2.24) is 5.48 Å². The Bertz CT molecular complexity index is 893. The Morgan fingerprint density at radius 3 is 2.04 bits per heavy atom. The molecule has 3 rings (SSSR count). The fraction of sp³-hybridized carbons (Fsp3) is 0. The second-order valence-electron chi connectivity index (χ2n) is 5.39. The highest BCUT2D eigenvalue weighted by Crippen LogP contribution is 2.25. The van der Waals surface area contributed by atoms with Gasteiger partial charge in [0.05, 0.1) is 0 Å². The summed E-state index contributed by atoms with van der Waals surface area (Å²) < 4.78 is 0. The number of rotatable bonds is 4. The van der Waals surface area contributed by atoms with Gasteiger partial charge in [-0.3, -0.25) is 14.8 Å². The molecule has 0 bridgehead atoms. The molecule has 0 unspecified atom stereocenters. The smallest absolute Gasteiger partial charge is 0.275 e. The van der Waals surface area contributed by atoms with Crippen molar-refractivity contribution in [2.24, 2.45) is 0 Å². The van der Waals surface area contributed by atoms with Crippen LogP contribution in [0.5, 0.6) is 0 Å². The highest BCUT2D eigenvalue weighted by atomic mass is 16.5. The zero-order chi connectivity index (χ0) is 17.6. The molecule has 0 saturated heterocycles. The van der Waals surface area contributed by atoms with Crippen molar-refractivity contribution in [2.75, 3.05) is 5.32 Å².